The van der Waals surface area contributed by atoms with Crippen molar-refractivity contribution in [2.24, 2.45) is 17.6 Å². The monoisotopic (exact) mass is 196 g/mol. The Labute approximate surface area is 87.8 Å². The lowest BCUT2D eigenvalue weighted by Crippen LogP contribution is -2.30. The number of hydrogen-bond donors (Lipinski definition) is 1. The Kier molecular flexibility index (Phi) is 3.82. The summed E-state index contributed by atoms with van der Waals surface area (Å²) in [6.07, 6.45) is 8.61. The zero-order valence-electron chi connectivity index (χ0n) is 9.25. The summed E-state index contributed by atoms with van der Waals surface area (Å²) in [5.41, 5.74) is 5.56. The lowest BCUT2D eigenvalue weighted by molar-refractivity contribution is 0.230. The van der Waals surface area contributed by atoms with E-state index < -0.39 is 0 Å². The van der Waals surface area contributed by atoms with Crippen molar-refractivity contribution in [3.63, 3.8) is 0 Å². The van der Waals surface area contributed by atoms with Crippen molar-refractivity contribution >= 4 is 0 Å². The van der Waals surface area contributed by atoms with Gasteiger partial charge >= 0.3 is 0 Å². The average molecular weight is 196 g/mol. The molecule has 1 saturated heterocycles. The first-order valence-corrected chi connectivity index (χ1v) is 6.31. The van der Waals surface area contributed by atoms with Gasteiger partial charge in [-0.3, -0.25) is 0 Å². The smallest absolute Gasteiger partial charge is 0.000977 e. The van der Waals surface area contributed by atoms with Crippen LogP contribution in [-0.2, 0) is 0 Å². The Morgan fingerprint density at radius 1 is 1.14 bits per heavy atom. The average Bonchev–Trinajstić information content (AvgIpc) is 2.35. The van der Waals surface area contributed by atoms with Crippen LogP contribution in [0.4, 0.5) is 0 Å². The van der Waals surface area contributed by atoms with Crippen LogP contribution in [0.25, 0.3) is 0 Å². The lowest BCUT2D eigenvalue weighted by atomic mass is 9.81. The summed E-state index contributed by atoms with van der Waals surface area (Å²) >= 11 is 0. The van der Waals surface area contributed by atoms with Gasteiger partial charge in [-0.05, 0) is 57.2 Å². The van der Waals surface area contributed by atoms with Crippen molar-refractivity contribution < 1.29 is 0 Å². The number of nitrogens with zero attached hydrogens (tertiary/aromatic N) is 1. The Balaban J connectivity index is 1.83. The van der Waals surface area contributed by atoms with Crippen molar-refractivity contribution in [2.75, 3.05) is 26.2 Å². The number of likely N-dealkylation sites (tertiary alicyclic amines) is 1. The number of hydrogen-bond acceptors (Lipinski definition) is 2. The molecule has 2 fully saturated rings. The van der Waals surface area contributed by atoms with Crippen molar-refractivity contribution in [2.45, 2.75) is 38.5 Å². The maximum atomic E-state index is 5.56. The SMILES string of the molecule is NCCCN1CCC2CCCC(C2)C1. The highest BCUT2D eigenvalue weighted by molar-refractivity contribution is 4.80. The molecule has 2 bridgehead atoms. The van der Waals surface area contributed by atoms with Gasteiger partial charge in [0, 0.05) is 6.54 Å². The molecule has 0 aromatic rings. The molecule has 0 amide bonds. The van der Waals surface area contributed by atoms with E-state index in [4.69, 9.17) is 5.73 Å². The topological polar surface area (TPSA) is 29.3 Å². The van der Waals surface area contributed by atoms with Gasteiger partial charge in [0.2, 0.25) is 0 Å². The molecule has 2 N–H and O–H groups in total. The second kappa shape index (κ2) is 5.13. The second-order valence-corrected chi connectivity index (χ2v) is 5.13. The summed E-state index contributed by atoms with van der Waals surface area (Å²) in [5, 5.41) is 0. The number of rotatable bonds is 3. The minimum atomic E-state index is 0.852. The first-order valence-electron chi connectivity index (χ1n) is 6.31. The van der Waals surface area contributed by atoms with E-state index in [1.807, 2.05) is 0 Å². The summed E-state index contributed by atoms with van der Waals surface area (Å²) in [6.45, 7) is 4.78. The summed E-state index contributed by atoms with van der Waals surface area (Å²) < 4.78 is 0. The molecule has 1 aliphatic heterocycles. The third-order valence-electron chi connectivity index (χ3n) is 3.94. The third-order valence-corrected chi connectivity index (χ3v) is 3.94. The van der Waals surface area contributed by atoms with Crippen LogP contribution in [0.15, 0.2) is 0 Å². The minimum Gasteiger partial charge on any atom is -0.330 e. The fraction of sp³-hybridized carbons (Fsp3) is 1.00. The molecule has 0 aromatic carbocycles. The molecule has 2 unspecified atom stereocenters. The van der Waals surface area contributed by atoms with Gasteiger partial charge in [0.05, 0.1) is 0 Å². The van der Waals surface area contributed by atoms with Crippen LogP contribution < -0.4 is 5.73 Å². The first kappa shape index (κ1) is 10.4. The third kappa shape index (κ3) is 2.71. The molecule has 2 atom stereocenters. The molecule has 2 heteroatoms. The molecule has 0 radical (unpaired) electrons. The van der Waals surface area contributed by atoms with Crippen LogP contribution in [0.2, 0.25) is 0 Å². The van der Waals surface area contributed by atoms with Gasteiger partial charge in [-0.1, -0.05) is 12.8 Å². The van der Waals surface area contributed by atoms with Gasteiger partial charge < -0.3 is 10.6 Å². The predicted molar refractivity (Wildman–Crippen MR) is 60.2 cm³/mol. The molecule has 2 aliphatic rings. The lowest BCUT2D eigenvalue weighted by Gasteiger charge is -2.27. The van der Waals surface area contributed by atoms with E-state index in [9.17, 15) is 0 Å². The van der Waals surface area contributed by atoms with E-state index in [1.54, 1.807) is 0 Å². The van der Waals surface area contributed by atoms with Crippen LogP contribution in [-0.4, -0.2) is 31.1 Å². The zero-order chi connectivity index (χ0) is 9.80. The van der Waals surface area contributed by atoms with E-state index in [-0.39, 0.29) is 0 Å². The van der Waals surface area contributed by atoms with Crippen molar-refractivity contribution in [3.8, 4) is 0 Å². The Morgan fingerprint density at radius 3 is 2.86 bits per heavy atom. The number of nitrogens with two attached hydrogens (primary N) is 1. The van der Waals surface area contributed by atoms with E-state index in [1.165, 1.54) is 58.2 Å². The molecule has 1 saturated carbocycles. The van der Waals surface area contributed by atoms with E-state index in [0.717, 1.165) is 18.4 Å². The molecule has 0 aromatic heterocycles. The highest BCUT2D eigenvalue weighted by atomic mass is 15.1. The zero-order valence-corrected chi connectivity index (χ0v) is 9.25. The maximum absolute atomic E-state index is 5.56. The van der Waals surface area contributed by atoms with Crippen LogP contribution in [0.5, 0.6) is 0 Å². The molecule has 14 heavy (non-hydrogen) atoms. The van der Waals surface area contributed by atoms with Gasteiger partial charge in [0.25, 0.3) is 0 Å². The fourth-order valence-corrected chi connectivity index (χ4v) is 3.17. The quantitative estimate of drug-likeness (QED) is 0.746. The van der Waals surface area contributed by atoms with Gasteiger partial charge in [-0.2, -0.15) is 0 Å². The van der Waals surface area contributed by atoms with Crippen LogP contribution in [0, 0.1) is 11.8 Å². The largest absolute Gasteiger partial charge is 0.330 e. The van der Waals surface area contributed by atoms with Gasteiger partial charge in [0.15, 0.2) is 0 Å². The van der Waals surface area contributed by atoms with Gasteiger partial charge in [-0.25, -0.2) is 0 Å². The molecule has 0 spiro atoms. The van der Waals surface area contributed by atoms with Crippen molar-refractivity contribution in [1.29, 1.82) is 0 Å². The van der Waals surface area contributed by atoms with E-state index in [0.29, 0.717) is 0 Å². The van der Waals surface area contributed by atoms with Crippen molar-refractivity contribution in [1.82, 2.24) is 4.90 Å². The van der Waals surface area contributed by atoms with E-state index in [2.05, 4.69) is 4.90 Å². The van der Waals surface area contributed by atoms with Gasteiger partial charge in [0.1, 0.15) is 0 Å². The Morgan fingerprint density at radius 2 is 2.00 bits per heavy atom. The normalized spacial score (nSPS) is 34.1. The molecule has 1 heterocycles. The van der Waals surface area contributed by atoms with Gasteiger partial charge in [-0.15, -0.1) is 0 Å². The highest BCUT2D eigenvalue weighted by Crippen LogP contribution is 2.34. The summed E-state index contributed by atoms with van der Waals surface area (Å²) in [4.78, 5) is 2.66. The standard InChI is InChI=1S/C12H24N2/c13-6-2-7-14-8-5-11-3-1-4-12(9-11)10-14/h11-12H,1-10,13H2. The maximum Gasteiger partial charge on any atom is 0.000977 e. The molecule has 1 aliphatic carbocycles. The van der Waals surface area contributed by atoms with Crippen LogP contribution in [0.1, 0.15) is 38.5 Å². The molecular formula is C12H24N2. The first-order chi connectivity index (χ1) is 6.88. The van der Waals surface area contributed by atoms with E-state index >= 15 is 0 Å². The highest BCUT2D eigenvalue weighted by Gasteiger charge is 2.27. The summed E-state index contributed by atoms with van der Waals surface area (Å²) in [5.74, 6) is 2.06. The Hall–Kier alpha value is -0.0800. The van der Waals surface area contributed by atoms with Crippen molar-refractivity contribution in [3.05, 3.63) is 0 Å². The minimum absolute atomic E-state index is 0.852. The van der Waals surface area contributed by atoms with Crippen LogP contribution >= 0.6 is 0 Å². The number of fused-ring (bicyclic) bond motifs is 2. The van der Waals surface area contributed by atoms with Crippen LogP contribution in [0.3, 0.4) is 0 Å². The Bertz CT molecular complexity index is 170. The molecule has 2 rings (SSSR count). The summed E-state index contributed by atoms with van der Waals surface area (Å²) in [7, 11) is 0. The second-order valence-electron chi connectivity index (χ2n) is 5.13. The summed E-state index contributed by atoms with van der Waals surface area (Å²) in [6, 6.07) is 0. The molecule has 82 valence electrons. The molecule has 2 nitrogen and oxygen atoms in total. The fourth-order valence-electron chi connectivity index (χ4n) is 3.17. The predicted octanol–water partition coefficient (Wildman–Crippen LogP) is 1.85. The molecular weight excluding hydrogens is 172 g/mol.